The van der Waals surface area contributed by atoms with E-state index in [1.54, 1.807) is 36.5 Å². The molecular formula is C32H32F2N6O. The van der Waals surface area contributed by atoms with E-state index in [4.69, 9.17) is 4.74 Å². The van der Waals surface area contributed by atoms with Crippen LogP contribution in [-0.4, -0.2) is 56.6 Å². The lowest BCUT2D eigenvalue weighted by molar-refractivity contribution is 0.108. The number of pyridine rings is 1. The number of aromatic nitrogens is 4. The van der Waals surface area contributed by atoms with Gasteiger partial charge in [-0.15, -0.1) is 0 Å². The Morgan fingerprint density at radius 1 is 1.02 bits per heavy atom. The summed E-state index contributed by atoms with van der Waals surface area (Å²) >= 11 is 0. The van der Waals surface area contributed by atoms with E-state index in [0.29, 0.717) is 40.7 Å². The van der Waals surface area contributed by atoms with Crippen molar-refractivity contribution in [2.75, 3.05) is 31.6 Å². The maximum atomic E-state index is 16.3. The summed E-state index contributed by atoms with van der Waals surface area (Å²) in [6.07, 6.45) is 11.7. The van der Waals surface area contributed by atoms with Crippen molar-refractivity contribution in [3.8, 4) is 17.3 Å². The van der Waals surface area contributed by atoms with E-state index in [1.165, 1.54) is 11.6 Å². The van der Waals surface area contributed by atoms with Crippen LogP contribution in [0.5, 0.6) is 6.01 Å². The van der Waals surface area contributed by atoms with E-state index in [1.807, 2.05) is 12.4 Å². The first-order chi connectivity index (χ1) is 20.1. The van der Waals surface area contributed by atoms with Gasteiger partial charge in [0, 0.05) is 36.1 Å². The summed E-state index contributed by atoms with van der Waals surface area (Å²) < 4.78 is 37.5. The van der Waals surface area contributed by atoms with Crippen molar-refractivity contribution in [2.24, 2.45) is 0 Å². The highest BCUT2D eigenvalue weighted by atomic mass is 19.1. The van der Waals surface area contributed by atoms with Gasteiger partial charge in [-0.3, -0.25) is 9.88 Å². The highest BCUT2D eigenvalue weighted by Gasteiger charge is 2.45. The van der Waals surface area contributed by atoms with Gasteiger partial charge in [-0.25, -0.2) is 8.78 Å². The number of anilines is 1. The highest BCUT2D eigenvalue weighted by Crippen LogP contribution is 2.39. The number of H-pyrrole nitrogens is 1. The van der Waals surface area contributed by atoms with Crippen molar-refractivity contribution in [3.63, 3.8) is 0 Å². The van der Waals surface area contributed by atoms with Gasteiger partial charge in [0.05, 0.1) is 10.9 Å². The number of aryl methyl sites for hydroxylation is 1. The molecule has 2 N–H and O–H groups in total. The SMILES string of the molecule is Fc1c(-c2cccc3cccc(F)c23)ncc2c(NCCCc3cc[nH]c3)nc(OCC34CCCN3CCC4)nc12. The largest absolute Gasteiger partial charge is 0.461 e. The molecule has 210 valence electrons. The average Bonchev–Trinajstić information content (AvgIpc) is 3.73. The van der Waals surface area contributed by atoms with Crippen LogP contribution in [0.25, 0.3) is 32.9 Å². The van der Waals surface area contributed by atoms with Crippen LogP contribution in [0.4, 0.5) is 14.6 Å². The van der Waals surface area contributed by atoms with E-state index in [9.17, 15) is 4.39 Å². The van der Waals surface area contributed by atoms with Gasteiger partial charge in [-0.2, -0.15) is 9.97 Å². The molecular weight excluding hydrogens is 522 g/mol. The molecule has 2 saturated heterocycles. The molecule has 0 radical (unpaired) electrons. The van der Waals surface area contributed by atoms with E-state index >= 15 is 4.39 Å². The van der Waals surface area contributed by atoms with E-state index in [2.05, 4.69) is 36.2 Å². The normalized spacial score (nSPS) is 16.4. The van der Waals surface area contributed by atoms with Crippen LogP contribution in [0.1, 0.15) is 37.7 Å². The lowest BCUT2D eigenvalue weighted by Gasteiger charge is -2.31. The summed E-state index contributed by atoms with van der Waals surface area (Å²) in [5, 5.41) is 4.84. The summed E-state index contributed by atoms with van der Waals surface area (Å²) in [7, 11) is 0. The second-order valence-electron chi connectivity index (χ2n) is 11.1. The Kier molecular flexibility index (Phi) is 6.74. The fraction of sp³-hybridized carbons (Fsp3) is 0.344. The number of hydrogen-bond donors (Lipinski definition) is 2. The third-order valence-electron chi connectivity index (χ3n) is 8.65. The maximum absolute atomic E-state index is 16.3. The van der Waals surface area contributed by atoms with Crippen LogP contribution in [0.3, 0.4) is 0 Å². The van der Waals surface area contributed by atoms with Crippen LogP contribution in [0.15, 0.2) is 61.1 Å². The van der Waals surface area contributed by atoms with E-state index in [-0.39, 0.29) is 22.8 Å². The molecule has 41 heavy (non-hydrogen) atoms. The molecule has 2 fully saturated rings. The minimum atomic E-state index is -0.623. The van der Waals surface area contributed by atoms with Gasteiger partial charge in [0.25, 0.3) is 0 Å². The number of ether oxygens (including phenoxy) is 1. The third-order valence-corrected chi connectivity index (χ3v) is 8.65. The smallest absolute Gasteiger partial charge is 0.319 e. The Balaban J connectivity index is 1.26. The van der Waals surface area contributed by atoms with Crippen LogP contribution < -0.4 is 10.1 Å². The number of fused-ring (bicyclic) bond motifs is 3. The number of nitrogens with zero attached hydrogens (tertiary/aromatic N) is 4. The lowest BCUT2D eigenvalue weighted by atomic mass is 9.95. The fourth-order valence-corrected chi connectivity index (χ4v) is 6.59. The predicted octanol–water partition coefficient (Wildman–Crippen LogP) is 6.50. The summed E-state index contributed by atoms with van der Waals surface area (Å²) in [5.74, 6) is -0.566. The molecule has 5 heterocycles. The second kappa shape index (κ2) is 10.7. The lowest BCUT2D eigenvalue weighted by Crippen LogP contribution is -2.43. The monoisotopic (exact) mass is 554 g/mol. The van der Waals surface area contributed by atoms with Crippen molar-refractivity contribution in [1.29, 1.82) is 0 Å². The zero-order valence-electron chi connectivity index (χ0n) is 22.8. The topological polar surface area (TPSA) is 79.0 Å². The molecule has 0 aliphatic carbocycles. The van der Waals surface area contributed by atoms with Gasteiger partial charge in [0.2, 0.25) is 0 Å². The molecule has 3 aromatic heterocycles. The Bertz CT molecular complexity index is 1690. The predicted molar refractivity (Wildman–Crippen MR) is 156 cm³/mol. The van der Waals surface area contributed by atoms with Crippen molar-refractivity contribution < 1.29 is 13.5 Å². The molecule has 2 aliphatic rings. The third kappa shape index (κ3) is 4.78. The zero-order valence-corrected chi connectivity index (χ0v) is 22.8. The molecule has 0 amide bonds. The summed E-state index contributed by atoms with van der Waals surface area (Å²) in [6, 6.07) is 12.3. The second-order valence-corrected chi connectivity index (χ2v) is 11.1. The molecule has 5 aromatic rings. The molecule has 2 aliphatic heterocycles. The van der Waals surface area contributed by atoms with Gasteiger partial charge in [0.1, 0.15) is 29.5 Å². The summed E-state index contributed by atoms with van der Waals surface area (Å²) in [6.45, 7) is 3.27. The highest BCUT2D eigenvalue weighted by molar-refractivity contribution is 5.99. The molecule has 0 spiro atoms. The fourth-order valence-electron chi connectivity index (χ4n) is 6.59. The number of halogens is 2. The minimum Gasteiger partial charge on any atom is -0.461 e. The standard InChI is InChI=1S/C32H32F2N6O/c33-25-10-2-8-22-7-1-9-23(26(22)25)28-27(34)29-24(19-37-28)30(36-14-3-6-21-11-15-35-18-21)39-31(38-29)41-20-32-12-4-16-40(32)17-5-13-32/h1-2,7-11,15,18-19,35H,3-6,12-14,16-17,20H2,(H,36,38,39). The van der Waals surface area contributed by atoms with E-state index < -0.39 is 11.6 Å². The molecule has 9 heteroatoms. The van der Waals surface area contributed by atoms with Crippen molar-refractivity contribution >= 4 is 27.5 Å². The molecule has 0 unspecified atom stereocenters. The van der Waals surface area contributed by atoms with Gasteiger partial charge in [-0.05, 0) is 74.7 Å². The molecule has 7 nitrogen and oxygen atoms in total. The molecule has 0 saturated carbocycles. The quantitative estimate of drug-likeness (QED) is 0.203. The first-order valence-corrected chi connectivity index (χ1v) is 14.4. The van der Waals surface area contributed by atoms with Crippen LogP contribution in [0, 0.1) is 11.6 Å². The van der Waals surface area contributed by atoms with Gasteiger partial charge < -0.3 is 15.0 Å². The van der Waals surface area contributed by atoms with Crippen molar-refractivity contribution in [2.45, 2.75) is 44.1 Å². The minimum absolute atomic E-state index is 0.00486. The van der Waals surface area contributed by atoms with Crippen molar-refractivity contribution in [3.05, 3.63) is 78.3 Å². The average molecular weight is 555 g/mol. The van der Waals surface area contributed by atoms with Crippen LogP contribution in [0.2, 0.25) is 0 Å². The number of benzene rings is 2. The first-order valence-electron chi connectivity index (χ1n) is 14.4. The molecule has 0 atom stereocenters. The first kappa shape index (κ1) is 25.8. The molecule has 0 bridgehead atoms. The molecule has 2 aromatic carbocycles. The van der Waals surface area contributed by atoms with Crippen LogP contribution >= 0.6 is 0 Å². The number of hydrogen-bond acceptors (Lipinski definition) is 6. The van der Waals surface area contributed by atoms with Gasteiger partial charge in [0.15, 0.2) is 5.82 Å². The maximum Gasteiger partial charge on any atom is 0.319 e. The van der Waals surface area contributed by atoms with Crippen molar-refractivity contribution in [1.82, 2.24) is 24.8 Å². The van der Waals surface area contributed by atoms with Gasteiger partial charge in [-0.1, -0.05) is 30.3 Å². The summed E-state index contributed by atoms with van der Waals surface area (Å²) in [4.78, 5) is 19.3. The molecule has 7 rings (SSSR count). The number of aromatic amines is 1. The number of nitrogens with one attached hydrogen (secondary N) is 2. The van der Waals surface area contributed by atoms with Gasteiger partial charge >= 0.3 is 6.01 Å². The van der Waals surface area contributed by atoms with E-state index in [0.717, 1.165) is 51.6 Å². The van der Waals surface area contributed by atoms with Crippen LogP contribution in [-0.2, 0) is 6.42 Å². The Morgan fingerprint density at radius 3 is 2.66 bits per heavy atom. The Labute approximate surface area is 237 Å². The zero-order chi connectivity index (χ0) is 27.8. The summed E-state index contributed by atoms with van der Waals surface area (Å²) in [5.41, 5.74) is 1.76. The Morgan fingerprint density at radius 2 is 1.85 bits per heavy atom. The Hall–Kier alpha value is -4.11. The number of rotatable bonds is 9.